The highest BCUT2D eigenvalue weighted by Crippen LogP contribution is 2.41. The number of hydrogen-bond acceptors (Lipinski definition) is 1. The summed E-state index contributed by atoms with van der Waals surface area (Å²) in [6.07, 6.45) is 4.96. The maximum absolute atomic E-state index is 15.3. The van der Waals surface area contributed by atoms with Crippen LogP contribution in [0.4, 0.5) is 13.2 Å². The number of nitriles is 1. The molecule has 29 heavy (non-hydrogen) atoms. The Morgan fingerprint density at radius 3 is 2.28 bits per heavy atom. The van der Waals surface area contributed by atoms with E-state index in [2.05, 4.69) is 19.1 Å². The van der Waals surface area contributed by atoms with Gasteiger partial charge >= 0.3 is 0 Å². The van der Waals surface area contributed by atoms with Crippen molar-refractivity contribution in [3.05, 3.63) is 82.2 Å². The quantitative estimate of drug-likeness (QED) is 0.338. The molecule has 0 saturated carbocycles. The third kappa shape index (κ3) is 3.42. The monoisotopic (exact) mass is 391 g/mol. The summed E-state index contributed by atoms with van der Waals surface area (Å²) in [7, 11) is 0. The summed E-state index contributed by atoms with van der Waals surface area (Å²) in [4.78, 5) is 0. The van der Waals surface area contributed by atoms with E-state index in [0.717, 1.165) is 41.7 Å². The van der Waals surface area contributed by atoms with E-state index in [4.69, 9.17) is 5.26 Å². The maximum atomic E-state index is 15.3. The second-order valence-corrected chi connectivity index (χ2v) is 7.51. The van der Waals surface area contributed by atoms with Crippen molar-refractivity contribution in [3.8, 4) is 28.3 Å². The highest BCUT2D eigenvalue weighted by Gasteiger charge is 2.25. The third-order valence-electron chi connectivity index (χ3n) is 5.60. The predicted molar refractivity (Wildman–Crippen MR) is 108 cm³/mol. The van der Waals surface area contributed by atoms with Gasteiger partial charge in [0.1, 0.15) is 29.1 Å². The molecule has 0 radical (unpaired) electrons. The molecule has 0 atom stereocenters. The number of hydrogen-bond donors (Lipinski definition) is 0. The van der Waals surface area contributed by atoms with Crippen LogP contribution in [0.5, 0.6) is 0 Å². The highest BCUT2D eigenvalue weighted by molar-refractivity contribution is 5.81. The molecule has 0 aromatic heterocycles. The number of unbranched alkanes of at least 4 members (excludes halogenated alkanes) is 2. The summed E-state index contributed by atoms with van der Waals surface area (Å²) in [6, 6.07) is 13.2. The lowest BCUT2D eigenvalue weighted by molar-refractivity contribution is 0.577. The first-order valence-electron chi connectivity index (χ1n) is 9.86. The lowest BCUT2D eigenvalue weighted by Gasteiger charge is -2.10. The molecule has 4 heteroatoms. The fourth-order valence-electron chi connectivity index (χ4n) is 4.09. The average Bonchev–Trinajstić information content (AvgIpc) is 3.07. The number of rotatable bonds is 5. The zero-order valence-corrected chi connectivity index (χ0v) is 16.2. The van der Waals surface area contributed by atoms with Gasteiger partial charge in [0.25, 0.3) is 0 Å². The first-order valence-corrected chi connectivity index (χ1v) is 9.86. The molecule has 0 saturated heterocycles. The van der Waals surface area contributed by atoms with E-state index >= 15 is 4.39 Å². The van der Waals surface area contributed by atoms with Gasteiger partial charge in [0.05, 0.1) is 0 Å². The Morgan fingerprint density at radius 1 is 0.897 bits per heavy atom. The first-order chi connectivity index (χ1) is 14.0. The maximum Gasteiger partial charge on any atom is 0.144 e. The Balaban J connectivity index is 1.70. The molecular weight excluding hydrogens is 371 g/mol. The Bertz CT molecular complexity index is 1120. The highest BCUT2D eigenvalue weighted by atomic mass is 19.1. The van der Waals surface area contributed by atoms with Crippen molar-refractivity contribution in [2.45, 2.75) is 39.0 Å². The molecule has 0 spiro atoms. The Labute approximate surface area is 168 Å². The average molecular weight is 391 g/mol. The molecule has 1 aliphatic carbocycles. The molecule has 3 aromatic rings. The van der Waals surface area contributed by atoms with Gasteiger partial charge in [-0.25, -0.2) is 13.2 Å². The largest absolute Gasteiger partial charge is 0.206 e. The smallest absolute Gasteiger partial charge is 0.144 e. The van der Waals surface area contributed by atoms with Gasteiger partial charge in [-0.05, 0) is 52.8 Å². The van der Waals surface area contributed by atoms with Crippen molar-refractivity contribution in [3.63, 3.8) is 0 Å². The Kier molecular flexibility index (Phi) is 5.15. The fraction of sp³-hybridized carbons (Fsp3) is 0.240. The number of benzene rings is 3. The second-order valence-electron chi connectivity index (χ2n) is 7.51. The van der Waals surface area contributed by atoms with E-state index in [1.807, 2.05) is 12.1 Å². The molecule has 0 unspecified atom stereocenters. The minimum atomic E-state index is -0.984. The van der Waals surface area contributed by atoms with Gasteiger partial charge in [-0.2, -0.15) is 5.26 Å². The van der Waals surface area contributed by atoms with E-state index in [1.165, 1.54) is 24.5 Å². The van der Waals surface area contributed by atoms with Crippen LogP contribution in [0.3, 0.4) is 0 Å². The van der Waals surface area contributed by atoms with Crippen LogP contribution in [0.15, 0.2) is 42.5 Å². The van der Waals surface area contributed by atoms with Gasteiger partial charge in [-0.1, -0.05) is 50.1 Å². The standard InChI is InChI=1S/C25H20F3N/c1-2-3-4-5-15-6-7-18-16(10-15)11-21-20(18)9-8-19(25(21)28)17-12-23(26)22(14-29)24(27)13-17/h6-10,12-13H,2-5,11H2,1H3. The summed E-state index contributed by atoms with van der Waals surface area (Å²) in [5.74, 6) is -2.43. The van der Waals surface area contributed by atoms with Gasteiger partial charge in [-0.15, -0.1) is 0 Å². The van der Waals surface area contributed by atoms with E-state index in [-0.39, 0.29) is 11.1 Å². The van der Waals surface area contributed by atoms with Crippen molar-refractivity contribution in [1.82, 2.24) is 0 Å². The molecule has 0 bridgehead atoms. The summed E-state index contributed by atoms with van der Waals surface area (Å²) in [5, 5.41) is 8.83. The van der Waals surface area contributed by atoms with Crippen LogP contribution in [-0.2, 0) is 12.8 Å². The van der Waals surface area contributed by atoms with Gasteiger partial charge < -0.3 is 0 Å². The number of nitrogens with zero attached hydrogens (tertiary/aromatic N) is 1. The van der Waals surface area contributed by atoms with Crippen LogP contribution in [0.1, 0.15) is 48.4 Å². The molecule has 0 aliphatic heterocycles. The molecule has 0 N–H and O–H groups in total. The Morgan fingerprint density at radius 2 is 1.59 bits per heavy atom. The zero-order valence-electron chi connectivity index (χ0n) is 16.2. The summed E-state index contributed by atoms with van der Waals surface area (Å²) < 4.78 is 43.3. The van der Waals surface area contributed by atoms with Crippen LogP contribution in [0.25, 0.3) is 22.3 Å². The van der Waals surface area contributed by atoms with Crippen LogP contribution in [0.2, 0.25) is 0 Å². The minimum Gasteiger partial charge on any atom is -0.206 e. The fourth-order valence-corrected chi connectivity index (χ4v) is 4.09. The second kappa shape index (κ2) is 7.75. The lowest BCUT2D eigenvalue weighted by atomic mass is 9.97. The molecule has 4 rings (SSSR count). The van der Waals surface area contributed by atoms with Gasteiger partial charge in [-0.3, -0.25) is 0 Å². The number of halogens is 3. The molecule has 3 aromatic carbocycles. The van der Waals surface area contributed by atoms with Crippen molar-refractivity contribution < 1.29 is 13.2 Å². The predicted octanol–water partition coefficient (Wildman–Crippen LogP) is 6.95. The summed E-state index contributed by atoms with van der Waals surface area (Å²) >= 11 is 0. The van der Waals surface area contributed by atoms with Gasteiger partial charge in [0.2, 0.25) is 0 Å². The normalized spacial score (nSPS) is 11.8. The van der Waals surface area contributed by atoms with Crippen molar-refractivity contribution >= 4 is 0 Å². The SMILES string of the molecule is CCCCCc1ccc2c(c1)Cc1c-2ccc(-c2cc(F)c(C#N)c(F)c2)c1F. The lowest BCUT2D eigenvalue weighted by Crippen LogP contribution is -1.96. The van der Waals surface area contributed by atoms with Crippen LogP contribution in [-0.4, -0.2) is 0 Å². The van der Waals surface area contributed by atoms with E-state index < -0.39 is 23.0 Å². The van der Waals surface area contributed by atoms with E-state index in [0.29, 0.717) is 12.0 Å². The molecule has 1 nitrogen and oxygen atoms in total. The van der Waals surface area contributed by atoms with Crippen LogP contribution >= 0.6 is 0 Å². The molecular formula is C25H20F3N. The van der Waals surface area contributed by atoms with E-state index in [9.17, 15) is 8.78 Å². The van der Waals surface area contributed by atoms with Gasteiger partial charge in [0.15, 0.2) is 0 Å². The van der Waals surface area contributed by atoms with Crippen molar-refractivity contribution in [1.29, 1.82) is 5.26 Å². The zero-order chi connectivity index (χ0) is 20.5. The van der Waals surface area contributed by atoms with Gasteiger partial charge in [0, 0.05) is 17.5 Å². The molecule has 146 valence electrons. The number of aryl methyl sites for hydroxylation is 1. The Hall–Kier alpha value is -3.06. The molecule has 0 fully saturated rings. The third-order valence-corrected chi connectivity index (χ3v) is 5.60. The summed E-state index contributed by atoms with van der Waals surface area (Å²) in [5.41, 5.74) is 4.31. The van der Waals surface area contributed by atoms with Crippen LogP contribution < -0.4 is 0 Å². The molecule has 1 aliphatic rings. The minimum absolute atomic E-state index is 0.0931. The van der Waals surface area contributed by atoms with Crippen molar-refractivity contribution in [2.75, 3.05) is 0 Å². The summed E-state index contributed by atoms with van der Waals surface area (Å²) in [6.45, 7) is 2.17. The molecule has 0 amide bonds. The van der Waals surface area contributed by atoms with Crippen molar-refractivity contribution in [2.24, 2.45) is 0 Å². The molecule has 0 heterocycles. The number of fused-ring (bicyclic) bond motifs is 3. The first kappa shape index (κ1) is 19.3. The topological polar surface area (TPSA) is 23.8 Å². The van der Waals surface area contributed by atoms with Crippen LogP contribution in [0, 0.1) is 28.8 Å². The van der Waals surface area contributed by atoms with E-state index in [1.54, 1.807) is 6.07 Å².